The second-order valence-electron chi connectivity index (χ2n) is 4.93. The molecule has 0 aliphatic heterocycles. The second kappa shape index (κ2) is 8.48. The predicted octanol–water partition coefficient (Wildman–Crippen LogP) is 3.61. The molecule has 0 aliphatic rings. The fraction of sp³-hybridized carbons (Fsp3) is 0.692. The van der Waals surface area contributed by atoms with Crippen molar-refractivity contribution >= 4 is 37.3 Å². The molecule has 0 aromatic carbocycles. The molecule has 1 aromatic rings. The average molecular weight is 383 g/mol. The molecule has 0 saturated carbocycles. The average Bonchev–Trinajstić information content (AvgIpc) is 2.76. The first-order valence-electron chi connectivity index (χ1n) is 6.91. The van der Waals surface area contributed by atoms with Crippen LogP contribution in [0.5, 0.6) is 0 Å². The van der Waals surface area contributed by atoms with Crippen LogP contribution in [-0.4, -0.2) is 14.5 Å². The van der Waals surface area contributed by atoms with Gasteiger partial charge < -0.3 is 5.73 Å². The Labute approximate surface area is 134 Å². The summed E-state index contributed by atoms with van der Waals surface area (Å²) in [7, 11) is -3.46. The summed E-state index contributed by atoms with van der Waals surface area (Å²) in [5.74, 6) is 0. The molecule has 0 saturated heterocycles. The Kier molecular flexibility index (Phi) is 7.68. The van der Waals surface area contributed by atoms with Crippen molar-refractivity contribution in [1.82, 2.24) is 4.72 Å². The van der Waals surface area contributed by atoms with Gasteiger partial charge in [0.25, 0.3) is 0 Å². The van der Waals surface area contributed by atoms with Crippen molar-refractivity contribution in [2.75, 3.05) is 0 Å². The van der Waals surface area contributed by atoms with E-state index in [9.17, 15) is 8.42 Å². The monoisotopic (exact) mass is 382 g/mol. The topological polar surface area (TPSA) is 72.2 Å². The molecule has 0 fully saturated rings. The quantitative estimate of drug-likeness (QED) is 0.640. The van der Waals surface area contributed by atoms with Crippen molar-refractivity contribution < 1.29 is 8.42 Å². The van der Waals surface area contributed by atoms with Crippen LogP contribution in [0, 0.1) is 0 Å². The molecule has 0 amide bonds. The molecule has 1 aromatic heterocycles. The van der Waals surface area contributed by atoms with Crippen molar-refractivity contribution in [3.8, 4) is 0 Å². The summed E-state index contributed by atoms with van der Waals surface area (Å²) in [6.45, 7) is 4.42. The summed E-state index contributed by atoms with van der Waals surface area (Å²) < 4.78 is 28.0. The van der Waals surface area contributed by atoms with Crippen LogP contribution in [0.2, 0.25) is 0 Å². The molecule has 3 N–H and O–H groups in total. The van der Waals surface area contributed by atoms with Crippen molar-refractivity contribution in [2.45, 2.75) is 63.4 Å². The predicted molar refractivity (Wildman–Crippen MR) is 88.5 cm³/mol. The van der Waals surface area contributed by atoms with Crippen molar-refractivity contribution in [2.24, 2.45) is 5.73 Å². The highest BCUT2D eigenvalue weighted by Gasteiger charge is 2.22. The molecule has 4 nitrogen and oxygen atoms in total. The maximum atomic E-state index is 12.3. The molecule has 7 heteroatoms. The number of hydrogen-bond acceptors (Lipinski definition) is 4. The first kappa shape index (κ1) is 18.1. The van der Waals surface area contributed by atoms with Gasteiger partial charge in [0.05, 0.1) is 3.79 Å². The van der Waals surface area contributed by atoms with Gasteiger partial charge in [0.2, 0.25) is 10.0 Å². The number of halogens is 1. The lowest BCUT2D eigenvalue weighted by Gasteiger charge is -2.13. The zero-order valence-corrected chi connectivity index (χ0v) is 15.2. The molecule has 1 heterocycles. The van der Waals surface area contributed by atoms with Crippen LogP contribution < -0.4 is 10.5 Å². The third kappa shape index (κ3) is 5.44. The minimum Gasteiger partial charge on any atom is -0.326 e. The van der Waals surface area contributed by atoms with E-state index in [0.29, 0.717) is 15.2 Å². The molecule has 0 bridgehead atoms. The summed E-state index contributed by atoms with van der Waals surface area (Å²) in [5.41, 5.74) is 5.55. The van der Waals surface area contributed by atoms with E-state index in [2.05, 4.69) is 27.6 Å². The minimum atomic E-state index is -3.46. The molecular formula is C13H23BrN2O2S2. The minimum absolute atomic E-state index is 0.0509. The zero-order chi connectivity index (χ0) is 15.2. The van der Waals surface area contributed by atoms with Crippen LogP contribution in [0.4, 0.5) is 0 Å². The largest absolute Gasteiger partial charge is 0.326 e. The molecule has 1 unspecified atom stereocenters. The van der Waals surface area contributed by atoms with E-state index < -0.39 is 10.0 Å². The highest BCUT2D eigenvalue weighted by atomic mass is 79.9. The van der Waals surface area contributed by atoms with Crippen molar-refractivity contribution in [3.63, 3.8) is 0 Å². The van der Waals surface area contributed by atoms with Gasteiger partial charge in [0.15, 0.2) is 0 Å². The summed E-state index contributed by atoms with van der Waals surface area (Å²) >= 11 is 4.67. The van der Waals surface area contributed by atoms with Gasteiger partial charge in [-0.3, -0.25) is 0 Å². The molecule has 0 aliphatic carbocycles. The summed E-state index contributed by atoms with van der Waals surface area (Å²) in [6.07, 6.45) is 5.46. The number of sulfonamides is 1. The van der Waals surface area contributed by atoms with Crippen LogP contribution in [-0.2, 0) is 16.6 Å². The van der Waals surface area contributed by atoms with Gasteiger partial charge in [0, 0.05) is 17.5 Å². The standard InChI is InChI=1S/C13H23BrN2O2S2/c1-3-4-5-6-7-10(2)16-20(17,18)12-8-11(9-15)19-13(12)14/h8,10,16H,3-7,9,15H2,1-2H3. The Balaban J connectivity index is 2.62. The van der Waals surface area contributed by atoms with Gasteiger partial charge in [0.1, 0.15) is 4.90 Å². The normalized spacial score (nSPS) is 13.6. The number of hydrogen-bond donors (Lipinski definition) is 2. The molecule has 1 atom stereocenters. The Morgan fingerprint density at radius 1 is 1.40 bits per heavy atom. The smallest absolute Gasteiger partial charge is 0.242 e. The van der Waals surface area contributed by atoms with E-state index in [1.807, 2.05) is 6.92 Å². The van der Waals surface area contributed by atoms with E-state index in [1.165, 1.54) is 24.2 Å². The van der Waals surface area contributed by atoms with E-state index in [1.54, 1.807) is 6.07 Å². The summed E-state index contributed by atoms with van der Waals surface area (Å²) in [6, 6.07) is 1.59. The first-order chi connectivity index (χ1) is 9.40. The molecule has 20 heavy (non-hydrogen) atoms. The first-order valence-corrected chi connectivity index (χ1v) is 10.0. The van der Waals surface area contributed by atoms with E-state index in [0.717, 1.165) is 24.1 Å². The Morgan fingerprint density at radius 3 is 2.65 bits per heavy atom. The highest BCUT2D eigenvalue weighted by molar-refractivity contribution is 9.11. The fourth-order valence-corrected chi connectivity index (χ4v) is 5.79. The Bertz CT molecular complexity index is 514. The van der Waals surface area contributed by atoms with Gasteiger partial charge in [-0.15, -0.1) is 11.3 Å². The van der Waals surface area contributed by atoms with Crippen molar-refractivity contribution in [3.05, 3.63) is 14.7 Å². The van der Waals surface area contributed by atoms with Gasteiger partial charge in [-0.2, -0.15) is 0 Å². The summed E-state index contributed by atoms with van der Waals surface area (Å²) in [4.78, 5) is 1.15. The van der Waals surface area contributed by atoms with Gasteiger partial charge in [-0.1, -0.05) is 32.6 Å². The van der Waals surface area contributed by atoms with Gasteiger partial charge in [-0.25, -0.2) is 13.1 Å². The lowest BCUT2D eigenvalue weighted by molar-refractivity contribution is 0.522. The third-order valence-corrected chi connectivity index (χ3v) is 6.91. The number of unbranched alkanes of at least 4 members (excludes halogenated alkanes) is 3. The van der Waals surface area contributed by atoms with Gasteiger partial charge in [-0.05, 0) is 35.3 Å². The number of nitrogens with one attached hydrogen (secondary N) is 1. The van der Waals surface area contributed by atoms with Crippen LogP contribution in [0.25, 0.3) is 0 Å². The number of nitrogens with two attached hydrogens (primary N) is 1. The van der Waals surface area contributed by atoms with Crippen LogP contribution in [0.1, 0.15) is 50.8 Å². The van der Waals surface area contributed by atoms with Crippen LogP contribution in [0.3, 0.4) is 0 Å². The fourth-order valence-electron chi connectivity index (χ4n) is 1.95. The molecule has 116 valence electrons. The maximum Gasteiger partial charge on any atom is 0.242 e. The Morgan fingerprint density at radius 2 is 2.10 bits per heavy atom. The van der Waals surface area contributed by atoms with Crippen molar-refractivity contribution in [1.29, 1.82) is 0 Å². The second-order valence-corrected chi connectivity index (χ2v) is 9.06. The molecule has 0 spiro atoms. The van der Waals surface area contributed by atoms with E-state index in [-0.39, 0.29) is 6.04 Å². The lowest BCUT2D eigenvalue weighted by atomic mass is 10.1. The molecule has 0 radical (unpaired) electrons. The van der Waals surface area contributed by atoms with Crippen LogP contribution >= 0.6 is 27.3 Å². The zero-order valence-electron chi connectivity index (χ0n) is 12.0. The van der Waals surface area contributed by atoms with Crippen LogP contribution in [0.15, 0.2) is 14.7 Å². The number of thiophene rings is 1. The molecule has 1 rings (SSSR count). The molecular weight excluding hydrogens is 360 g/mol. The Hall–Kier alpha value is 0.0500. The highest BCUT2D eigenvalue weighted by Crippen LogP contribution is 2.31. The van der Waals surface area contributed by atoms with E-state index in [4.69, 9.17) is 5.73 Å². The lowest BCUT2D eigenvalue weighted by Crippen LogP contribution is -2.32. The number of rotatable bonds is 9. The third-order valence-electron chi connectivity index (χ3n) is 3.04. The maximum absolute atomic E-state index is 12.3. The van der Waals surface area contributed by atoms with E-state index >= 15 is 0 Å². The SMILES string of the molecule is CCCCCCC(C)NS(=O)(=O)c1cc(CN)sc1Br. The summed E-state index contributed by atoms with van der Waals surface area (Å²) in [5, 5.41) is 0. The van der Waals surface area contributed by atoms with Gasteiger partial charge >= 0.3 is 0 Å².